The van der Waals surface area contributed by atoms with Crippen molar-refractivity contribution in [2.24, 2.45) is 0 Å². The highest BCUT2D eigenvalue weighted by atomic mass is 79.9. The fourth-order valence-electron chi connectivity index (χ4n) is 2.73. The lowest BCUT2D eigenvalue weighted by molar-refractivity contribution is -0.133. The normalized spacial score (nSPS) is 11.2. The number of rotatable bonds is 6. The zero-order chi connectivity index (χ0) is 23.0. The summed E-state index contributed by atoms with van der Waals surface area (Å²) >= 11 is 3.38. The first-order valence-corrected chi connectivity index (χ1v) is 10.6. The van der Waals surface area contributed by atoms with Gasteiger partial charge in [-0.05, 0) is 66.2 Å². The molecule has 0 atom stereocenters. The molecule has 0 fully saturated rings. The molecular formula is C21H25BrF3N5O. The van der Waals surface area contributed by atoms with E-state index in [0.29, 0.717) is 12.1 Å². The van der Waals surface area contributed by atoms with E-state index in [1.165, 1.54) is 7.05 Å². The van der Waals surface area contributed by atoms with E-state index in [4.69, 9.17) is 0 Å². The molecule has 0 unspecified atom stereocenters. The van der Waals surface area contributed by atoms with Gasteiger partial charge in [0.2, 0.25) is 0 Å². The topological polar surface area (TPSA) is 71.3 Å². The highest BCUT2D eigenvalue weighted by Gasteiger charge is 2.25. The summed E-state index contributed by atoms with van der Waals surface area (Å²) in [7, 11) is 1.49. The van der Waals surface area contributed by atoms with E-state index in [-0.39, 0.29) is 12.5 Å². The Morgan fingerprint density at radius 1 is 1.19 bits per heavy atom. The number of alkyl halides is 3. The minimum Gasteiger partial charge on any atom is -0.352 e. The van der Waals surface area contributed by atoms with Crippen LogP contribution in [-0.2, 0) is 0 Å². The van der Waals surface area contributed by atoms with Crippen molar-refractivity contribution in [3.63, 3.8) is 0 Å². The summed E-state index contributed by atoms with van der Waals surface area (Å²) in [5, 5.41) is 9.74. The molecule has 3 aromatic rings. The number of imidazole rings is 1. The number of benzene rings is 1. The van der Waals surface area contributed by atoms with Crippen molar-refractivity contribution in [3.05, 3.63) is 52.3 Å². The highest BCUT2D eigenvalue weighted by molar-refractivity contribution is 9.10. The van der Waals surface area contributed by atoms with Crippen LogP contribution in [0.2, 0.25) is 0 Å². The molecule has 31 heavy (non-hydrogen) atoms. The van der Waals surface area contributed by atoms with Crippen molar-refractivity contribution in [1.29, 1.82) is 0 Å². The van der Waals surface area contributed by atoms with Crippen molar-refractivity contribution in [2.75, 3.05) is 20.1 Å². The van der Waals surface area contributed by atoms with E-state index in [1.807, 2.05) is 44.2 Å². The lowest BCUT2D eigenvalue weighted by Gasteiger charge is -2.09. The van der Waals surface area contributed by atoms with Gasteiger partial charge in [0.25, 0.3) is 5.91 Å². The van der Waals surface area contributed by atoms with E-state index in [9.17, 15) is 18.0 Å². The van der Waals surface area contributed by atoms with Gasteiger partial charge in [0.1, 0.15) is 4.60 Å². The van der Waals surface area contributed by atoms with Gasteiger partial charge >= 0.3 is 6.18 Å². The number of nitrogens with one attached hydrogen (secondary N) is 2. The van der Waals surface area contributed by atoms with Gasteiger partial charge in [-0.1, -0.05) is 13.0 Å². The molecule has 6 nitrogen and oxygen atoms in total. The molecule has 0 bridgehead atoms. The summed E-state index contributed by atoms with van der Waals surface area (Å²) < 4.78 is 36.1. The molecule has 10 heteroatoms. The Morgan fingerprint density at radius 2 is 1.94 bits per heavy atom. The molecule has 0 saturated carbocycles. The second-order valence-electron chi connectivity index (χ2n) is 6.82. The first-order chi connectivity index (χ1) is 14.7. The third-order valence-electron chi connectivity index (χ3n) is 4.29. The molecular weight excluding hydrogens is 475 g/mol. The number of hydrogen-bond donors (Lipinski definition) is 2. The van der Waals surface area contributed by atoms with Gasteiger partial charge in [-0.2, -0.15) is 18.3 Å². The zero-order valence-corrected chi connectivity index (χ0v) is 19.1. The molecule has 1 amide bonds. The summed E-state index contributed by atoms with van der Waals surface area (Å²) in [5.74, 6) is -0.0325. The number of aryl methyl sites for hydroxylation is 1. The molecule has 168 valence electrons. The maximum atomic E-state index is 12.1. The van der Waals surface area contributed by atoms with Crippen LogP contribution in [0.15, 0.2) is 41.1 Å². The number of nitrogens with zero attached hydrogens (tertiary/aromatic N) is 3. The van der Waals surface area contributed by atoms with Crippen LogP contribution in [0.25, 0.3) is 16.9 Å². The minimum atomic E-state index is -4.01. The Bertz CT molecular complexity index is 1020. The SMILES string of the molecule is CCCNC(=O)c1ccc(-c2cnc3ccc(Br)nn23)cc1C.CNCCC(F)(F)F. The fourth-order valence-corrected chi connectivity index (χ4v) is 3.02. The number of carbonyl (C=O) groups excluding carboxylic acids is 1. The molecule has 0 saturated heterocycles. The molecule has 2 N–H and O–H groups in total. The van der Waals surface area contributed by atoms with Crippen LogP contribution >= 0.6 is 15.9 Å². The van der Waals surface area contributed by atoms with Gasteiger partial charge in [0.05, 0.1) is 18.3 Å². The van der Waals surface area contributed by atoms with Gasteiger partial charge in [-0.15, -0.1) is 0 Å². The van der Waals surface area contributed by atoms with Crippen molar-refractivity contribution >= 4 is 27.5 Å². The van der Waals surface area contributed by atoms with Gasteiger partial charge in [0, 0.05) is 24.2 Å². The Kier molecular flexibility index (Phi) is 9.00. The average molecular weight is 500 g/mol. The Morgan fingerprint density at radius 3 is 2.52 bits per heavy atom. The van der Waals surface area contributed by atoms with E-state index in [2.05, 4.69) is 36.6 Å². The number of carbonyl (C=O) groups is 1. The summed E-state index contributed by atoms with van der Waals surface area (Å²) in [5.41, 5.74) is 4.29. The standard InChI is InChI=1S/C17H17BrN4O.C4H8F3N/c1-3-8-19-17(23)13-5-4-12(9-11(13)2)14-10-20-16-7-6-15(18)21-22(14)16;1-8-3-2-4(5,6)7/h4-7,9-10H,3,8H2,1-2H3,(H,19,23);8H,2-3H2,1H3. The van der Waals surface area contributed by atoms with Crippen molar-refractivity contribution in [2.45, 2.75) is 32.9 Å². The maximum absolute atomic E-state index is 12.1. The quantitative estimate of drug-likeness (QED) is 0.512. The van der Waals surface area contributed by atoms with Crippen molar-refractivity contribution in [1.82, 2.24) is 25.2 Å². The third-order valence-corrected chi connectivity index (χ3v) is 4.71. The van der Waals surface area contributed by atoms with Gasteiger partial charge < -0.3 is 10.6 Å². The molecule has 2 heterocycles. The summed E-state index contributed by atoms with van der Waals surface area (Å²) in [6.07, 6.45) is -2.04. The zero-order valence-electron chi connectivity index (χ0n) is 17.6. The van der Waals surface area contributed by atoms with Gasteiger partial charge in [-0.25, -0.2) is 9.50 Å². The van der Waals surface area contributed by atoms with E-state index in [0.717, 1.165) is 33.5 Å². The molecule has 0 aliphatic rings. The van der Waals surface area contributed by atoms with Crippen molar-refractivity contribution < 1.29 is 18.0 Å². The molecule has 0 aliphatic heterocycles. The number of aromatic nitrogens is 3. The minimum absolute atomic E-state index is 0.00347. The highest BCUT2D eigenvalue weighted by Crippen LogP contribution is 2.23. The van der Waals surface area contributed by atoms with Crippen LogP contribution in [0, 0.1) is 6.92 Å². The summed E-state index contributed by atoms with van der Waals surface area (Å²) in [6.45, 7) is 4.66. The number of halogens is 4. The Labute approximate surface area is 187 Å². The van der Waals surface area contributed by atoms with Crippen molar-refractivity contribution in [3.8, 4) is 11.3 Å². The number of fused-ring (bicyclic) bond motifs is 1. The molecule has 0 aliphatic carbocycles. The van der Waals surface area contributed by atoms with Crippen LogP contribution in [-0.4, -0.2) is 46.8 Å². The molecule has 1 aromatic carbocycles. The third kappa shape index (κ3) is 7.32. The molecule has 2 aromatic heterocycles. The fraction of sp³-hybridized carbons (Fsp3) is 0.381. The predicted octanol–water partition coefficient (Wildman–Crippen LogP) is 4.77. The number of hydrogen-bond acceptors (Lipinski definition) is 4. The molecule has 0 radical (unpaired) electrons. The summed E-state index contributed by atoms with van der Waals surface area (Å²) in [6, 6.07) is 9.54. The molecule has 3 rings (SSSR count). The van der Waals surface area contributed by atoms with Crippen LogP contribution in [0.4, 0.5) is 13.2 Å². The Balaban J connectivity index is 0.000000366. The predicted molar refractivity (Wildman–Crippen MR) is 118 cm³/mol. The van der Waals surface area contributed by atoms with Crippen LogP contribution in [0.3, 0.4) is 0 Å². The van der Waals surface area contributed by atoms with Crippen LogP contribution in [0.1, 0.15) is 35.7 Å². The van der Waals surface area contributed by atoms with Gasteiger partial charge in [-0.3, -0.25) is 4.79 Å². The maximum Gasteiger partial charge on any atom is 0.390 e. The number of amides is 1. The molecule has 0 spiro atoms. The van der Waals surface area contributed by atoms with E-state index >= 15 is 0 Å². The van der Waals surface area contributed by atoms with E-state index in [1.54, 1.807) is 10.7 Å². The summed E-state index contributed by atoms with van der Waals surface area (Å²) in [4.78, 5) is 16.5. The van der Waals surface area contributed by atoms with Crippen LogP contribution in [0.5, 0.6) is 0 Å². The largest absolute Gasteiger partial charge is 0.390 e. The van der Waals surface area contributed by atoms with Crippen LogP contribution < -0.4 is 10.6 Å². The smallest absolute Gasteiger partial charge is 0.352 e. The first kappa shape index (κ1) is 24.8. The average Bonchev–Trinajstić information content (AvgIpc) is 3.13. The second kappa shape index (κ2) is 11.2. The van der Waals surface area contributed by atoms with E-state index < -0.39 is 12.6 Å². The Hall–Kier alpha value is -2.46. The first-order valence-electron chi connectivity index (χ1n) is 9.77. The van der Waals surface area contributed by atoms with Gasteiger partial charge in [0.15, 0.2) is 5.65 Å². The second-order valence-corrected chi connectivity index (χ2v) is 7.64. The lowest BCUT2D eigenvalue weighted by Crippen LogP contribution is -2.24. The monoisotopic (exact) mass is 499 g/mol. The lowest BCUT2D eigenvalue weighted by atomic mass is 10.0.